The Labute approximate surface area is 116 Å². The van der Waals surface area contributed by atoms with Crippen LogP contribution in [0.4, 0.5) is 5.69 Å². The summed E-state index contributed by atoms with van der Waals surface area (Å²) in [6, 6.07) is 4.49. The van der Waals surface area contributed by atoms with Crippen molar-refractivity contribution < 1.29 is 13.2 Å². The maximum atomic E-state index is 12.2. The number of aromatic nitrogens is 2. The van der Waals surface area contributed by atoms with Gasteiger partial charge in [-0.3, -0.25) is 4.72 Å². The Balaban J connectivity index is 2.35. The van der Waals surface area contributed by atoms with E-state index in [1.807, 2.05) is 0 Å². The van der Waals surface area contributed by atoms with Crippen LogP contribution in [0.3, 0.4) is 0 Å². The lowest BCUT2D eigenvalue weighted by atomic mass is 10.2. The second kappa shape index (κ2) is 5.85. The molecule has 0 spiro atoms. The van der Waals surface area contributed by atoms with Crippen molar-refractivity contribution in [2.24, 2.45) is 5.73 Å². The zero-order valence-corrected chi connectivity index (χ0v) is 11.6. The van der Waals surface area contributed by atoms with Crippen LogP contribution in [-0.2, 0) is 16.6 Å². The molecule has 0 amide bonds. The van der Waals surface area contributed by atoms with E-state index in [1.54, 1.807) is 6.07 Å². The van der Waals surface area contributed by atoms with Crippen LogP contribution in [0.5, 0.6) is 5.75 Å². The van der Waals surface area contributed by atoms with E-state index in [0.717, 1.165) is 0 Å². The number of hydrogen-bond acceptors (Lipinski definition) is 6. The van der Waals surface area contributed by atoms with Crippen molar-refractivity contribution in [3.05, 3.63) is 42.5 Å². The zero-order valence-electron chi connectivity index (χ0n) is 10.8. The zero-order chi connectivity index (χ0) is 14.6. The molecule has 0 aliphatic heterocycles. The molecule has 3 N–H and O–H groups in total. The molecule has 0 aliphatic carbocycles. The van der Waals surface area contributed by atoms with Gasteiger partial charge in [0.1, 0.15) is 12.1 Å². The number of ether oxygens (including phenoxy) is 1. The quantitative estimate of drug-likeness (QED) is 0.842. The third-order valence-corrected chi connectivity index (χ3v) is 3.97. The molecule has 20 heavy (non-hydrogen) atoms. The first-order valence-corrected chi connectivity index (χ1v) is 7.20. The molecule has 0 fully saturated rings. The minimum atomic E-state index is -3.71. The summed E-state index contributed by atoms with van der Waals surface area (Å²) < 4.78 is 31.9. The minimum absolute atomic E-state index is 0.0996. The molecular formula is C12H14N4O3S. The Morgan fingerprint density at radius 1 is 1.30 bits per heavy atom. The van der Waals surface area contributed by atoms with Gasteiger partial charge in [0.05, 0.1) is 30.1 Å². The van der Waals surface area contributed by atoms with Gasteiger partial charge in [-0.1, -0.05) is 0 Å². The molecule has 0 saturated carbocycles. The Kier molecular flexibility index (Phi) is 4.16. The lowest BCUT2D eigenvalue weighted by Gasteiger charge is -2.11. The summed E-state index contributed by atoms with van der Waals surface area (Å²) in [5.74, 6) is 0.550. The third kappa shape index (κ3) is 3.03. The first kappa shape index (κ1) is 14.2. The van der Waals surface area contributed by atoms with Crippen LogP contribution in [0.25, 0.3) is 0 Å². The number of nitrogens with zero attached hydrogens (tertiary/aromatic N) is 2. The number of hydrogen-bond donors (Lipinski definition) is 2. The van der Waals surface area contributed by atoms with Gasteiger partial charge in [-0.05, 0) is 18.2 Å². The van der Waals surface area contributed by atoms with E-state index in [9.17, 15) is 8.42 Å². The van der Waals surface area contributed by atoms with Gasteiger partial charge in [-0.2, -0.15) is 0 Å². The first-order chi connectivity index (χ1) is 9.56. The number of sulfonamides is 1. The summed E-state index contributed by atoms with van der Waals surface area (Å²) in [5.41, 5.74) is 6.48. The van der Waals surface area contributed by atoms with Crippen molar-refractivity contribution in [2.45, 2.75) is 11.4 Å². The normalized spacial score (nSPS) is 11.1. The standard InChI is InChI=1S/C12H14N4O3S/c1-19-12-3-2-11(4-9(12)5-13)20(17,18)16-10-6-14-8-15-7-10/h2-4,6-8,16H,5,13H2,1H3. The molecule has 7 nitrogen and oxygen atoms in total. The predicted molar refractivity (Wildman–Crippen MR) is 73.7 cm³/mol. The maximum Gasteiger partial charge on any atom is 0.262 e. The Morgan fingerprint density at radius 3 is 2.60 bits per heavy atom. The van der Waals surface area contributed by atoms with Crippen LogP contribution in [-0.4, -0.2) is 25.5 Å². The average molecular weight is 294 g/mol. The molecule has 1 aromatic heterocycles. The molecule has 0 bridgehead atoms. The number of benzene rings is 1. The molecule has 0 aliphatic rings. The van der Waals surface area contributed by atoms with Gasteiger partial charge >= 0.3 is 0 Å². The fourth-order valence-electron chi connectivity index (χ4n) is 1.65. The Hall–Kier alpha value is -2.19. The van der Waals surface area contributed by atoms with Crippen molar-refractivity contribution in [1.82, 2.24) is 9.97 Å². The predicted octanol–water partition coefficient (Wildman–Crippen LogP) is 0.745. The van der Waals surface area contributed by atoms with E-state index in [1.165, 1.54) is 38.0 Å². The lowest BCUT2D eigenvalue weighted by Crippen LogP contribution is -2.14. The number of anilines is 1. The maximum absolute atomic E-state index is 12.2. The van der Waals surface area contributed by atoms with Crippen molar-refractivity contribution in [3.63, 3.8) is 0 Å². The van der Waals surface area contributed by atoms with E-state index >= 15 is 0 Å². The van der Waals surface area contributed by atoms with Gasteiger partial charge in [0.15, 0.2) is 0 Å². The highest BCUT2D eigenvalue weighted by Gasteiger charge is 2.16. The van der Waals surface area contributed by atoms with Crippen molar-refractivity contribution >= 4 is 15.7 Å². The van der Waals surface area contributed by atoms with Crippen LogP contribution in [0.1, 0.15) is 5.56 Å². The number of rotatable bonds is 5. The van der Waals surface area contributed by atoms with Crippen LogP contribution in [0.2, 0.25) is 0 Å². The molecule has 8 heteroatoms. The molecule has 1 aromatic carbocycles. The van der Waals surface area contributed by atoms with Gasteiger partial charge in [0.25, 0.3) is 10.0 Å². The minimum Gasteiger partial charge on any atom is -0.496 e. The second-order valence-electron chi connectivity index (χ2n) is 3.91. The highest BCUT2D eigenvalue weighted by Crippen LogP contribution is 2.23. The van der Waals surface area contributed by atoms with Crippen LogP contribution in [0, 0.1) is 0 Å². The fraction of sp³-hybridized carbons (Fsp3) is 0.167. The molecular weight excluding hydrogens is 280 g/mol. The lowest BCUT2D eigenvalue weighted by molar-refractivity contribution is 0.409. The second-order valence-corrected chi connectivity index (χ2v) is 5.59. The van der Waals surface area contributed by atoms with Crippen molar-refractivity contribution in [1.29, 1.82) is 0 Å². The Morgan fingerprint density at radius 2 is 2.00 bits per heavy atom. The molecule has 0 atom stereocenters. The fourth-order valence-corrected chi connectivity index (χ4v) is 2.73. The van der Waals surface area contributed by atoms with Gasteiger partial charge in [-0.25, -0.2) is 18.4 Å². The smallest absolute Gasteiger partial charge is 0.262 e. The van der Waals surface area contributed by atoms with Crippen molar-refractivity contribution in [2.75, 3.05) is 11.8 Å². The van der Waals surface area contributed by atoms with E-state index in [-0.39, 0.29) is 17.1 Å². The van der Waals surface area contributed by atoms with E-state index in [4.69, 9.17) is 10.5 Å². The van der Waals surface area contributed by atoms with E-state index < -0.39 is 10.0 Å². The molecule has 0 saturated heterocycles. The molecule has 2 rings (SSSR count). The SMILES string of the molecule is COc1ccc(S(=O)(=O)Nc2cncnc2)cc1CN. The average Bonchev–Trinajstić information content (AvgIpc) is 2.47. The van der Waals surface area contributed by atoms with Gasteiger partial charge < -0.3 is 10.5 Å². The van der Waals surface area contributed by atoms with Crippen molar-refractivity contribution in [3.8, 4) is 5.75 Å². The monoisotopic (exact) mass is 294 g/mol. The molecule has 1 heterocycles. The summed E-state index contributed by atoms with van der Waals surface area (Å²) in [4.78, 5) is 7.59. The van der Waals surface area contributed by atoms with Crippen LogP contribution >= 0.6 is 0 Å². The third-order valence-electron chi connectivity index (χ3n) is 2.59. The highest BCUT2D eigenvalue weighted by molar-refractivity contribution is 7.92. The van der Waals surface area contributed by atoms with E-state index in [0.29, 0.717) is 11.3 Å². The van der Waals surface area contributed by atoms with Gasteiger partial charge in [0, 0.05) is 12.1 Å². The summed E-state index contributed by atoms with van der Waals surface area (Å²) in [7, 11) is -2.21. The van der Waals surface area contributed by atoms with E-state index in [2.05, 4.69) is 14.7 Å². The summed E-state index contributed by atoms with van der Waals surface area (Å²) in [5, 5.41) is 0. The number of nitrogens with one attached hydrogen (secondary N) is 1. The topological polar surface area (TPSA) is 107 Å². The van der Waals surface area contributed by atoms with Crippen LogP contribution in [0.15, 0.2) is 41.8 Å². The number of nitrogens with two attached hydrogens (primary N) is 1. The van der Waals surface area contributed by atoms with Crippen LogP contribution < -0.4 is 15.2 Å². The summed E-state index contributed by atoms with van der Waals surface area (Å²) in [6.07, 6.45) is 4.06. The summed E-state index contributed by atoms with van der Waals surface area (Å²) in [6.45, 7) is 0.182. The Bertz CT molecular complexity index is 689. The molecule has 2 aromatic rings. The largest absolute Gasteiger partial charge is 0.496 e. The number of methoxy groups -OCH3 is 1. The molecule has 0 radical (unpaired) electrons. The molecule has 0 unspecified atom stereocenters. The van der Waals surface area contributed by atoms with Gasteiger partial charge in [-0.15, -0.1) is 0 Å². The first-order valence-electron chi connectivity index (χ1n) is 5.71. The highest BCUT2D eigenvalue weighted by atomic mass is 32.2. The summed E-state index contributed by atoms with van der Waals surface area (Å²) >= 11 is 0. The van der Waals surface area contributed by atoms with Gasteiger partial charge in [0.2, 0.25) is 0 Å². The molecule has 106 valence electrons.